The Kier molecular flexibility index (Phi) is 7.03. The summed E-state index contributed by atoms with van der Waals surface area (Å²) >= 11 is 0. The number of hydrogen-bond acceptors (Lipinski definition) is 12. The summed E-state index contributed by atoms with van der Waals surface area (Å²) in [5.74, 6) is -3.63. The number of ether oxygens (including phenoxy) is 4. The highest BCUT2D eigenvalue weighted by atomic mass is 16.7. The molecule has 3 aromatic carbocycles. The number of carboxylic acids is 2. The predicted octanol–water partition coefficient (Wildman–Crippen LogP) is -0.971. The smallest absolute Gasteiger partial charge is 0.335 e. The van der Waals surface area contributed by atoms with Gasteiger partial charge >= 0.3 is 11.9 Å². The Balaban J connectivity index is 1.48. The molecule has 2 heterocycles. The third kappa shape index (κ3) is 4.36. The number of hydrogen-bond donors (Lipinski definition) is 8. The minimum atomic E-state index is -1.97. The Morgan fingerprint density at radius 2 is 1.10 bits per heavy atom. The second-order valence-corrected chi connectivity index (χ2v) is 10.2. The zero-order valence-electron chi connectivity index (χ0n) is 21.4. The molecule has 222 valence electrons. The quantitative estimate of drug-likeness (QED) is 0.136. The molecule has 0 radical (unpaired) electrons. The first-order valence-corrected chi connectivity index (χ1v) is 12.9. The predicted molar refractivity (Wildman–Crippen MR) is 138 cm³/mol. The van der Waals surface area contributed by atoms with Crippen LogP contribution in [0.15, 0.2) is 48.5 Å². The fourth-order valence-corrected chi connectivity index (χ4v) is 5.57. The Labute approximate surface area is 236 Å². The van der Waals surface area contributed by atoms with Crippen LogP contribution in [0.2, 0.25) is 0 Å². The van der Waals surface area contributed by atoms with E-state index in [4.69, 9.17) is 18.9 Å². The first kappa shape index (κ1) is 28.3. The fraction of sp³-hybridized carbons (Fsp3) is 0.357. The van der Waals surface area contributed by atoms with Crippen molar-refractivity contribution in [1.29, 1.82) is 0 Å². The van der Waals surface area contributed by atoms with Gasteiger partial charge in [0, 0.05) is 10.8 Å². The summed E-state index contributed by atoms with van der Waals surface area (Å²) < 4.78 is 22.4. The van der Waals surface area contributed by atoms with Crippen LogP contribution < -0.4 is 9.47 Å². The third-order valence-corrected chi connectivity index (χ3v) is 7.69. The minimum Gasteiger partial charge on any atom is -0.479 e. The second-order valence-electron chi connectivity index (χ2n) is 10.2. The molecule has 0 saturated carbocycles. The van der Waals surface area contributed by atoms with Crippen molar-refractivity contribution in [2.75, 3.05) is 0 Å². The highest BCUT2D eigenvalue weighted by molar-refractivity contribution is 6.17. The number of carbonyl (C=O) groups is 2. The molecule has 8 N–H and O–H groups in total. The van der Waals surface area contributed by atoms with Gasteiger partial charge in [-0.25, -0.2) is 9.59 Å². The van der Waals surface area contributed by atoms with Crippen LogP contribution in [0.1, 0.15) is 0 Å². The molecule has 14 nitrogen and oxygen atoms in total. The van der Waals surface area contributed by atoms with E-state index < -0.39 is 73.4 Å². The molecule has 0 bridgehead atoms. The van der Waals surface area contributed by atoms with Gasteiger partial charge in [-0.2, -0.15) is 0 Å². The molecule has 0 unspecified atom stereocenters. The lowest BCUT2D eigenvalue weighted by molar-refractivity contribution is -0.275. The molecule has 10 atom stereocenters. The van der Waals surface area contributed by atoms with E-state index in [-0.39, 0.29) is 11.5 Å². The van der Waals surface area contributed by atoms with Gasteiger partial charge in [0.05, 0.1) is 0 Å². The molecular formula is C28H26O14. The van der Waals surface area contributed by atoms with Gasteiger partial charge in [0.25, 0.3) is 0 Å². The Hall–Kier alpha value is -3.86. The van der Waals surface area contributed by atoms with Crippen molar-refractivity contribution in [1.82, 2.24) is 0 Å². The molecule has 3 aromatic rings. The Morgan fingerprint density at radius 3 is 1.64 bits per heavy atom. The molecular weight excluding hydrogens is 560 g/mol. The lowest BCUT2D eigenvalue weighted by Gasteiger charge is -2.40. The third-order valence-electron chi connectivity index (χ3n) is 7.69. The largest absolute Gasteiger partial charge is 0.479 e. The maximum absolute atomic E-state index is 11.7. The van der Waals surface area contributed by atoms with Gasteiger partial charge in [-0.05, 0) is 28.3 Å². The summed E-state index contributed by atoms with van der Waals surface area (Å²) in [5.41, 5.74) is 3.10. The van der Waals surface area contributed by atoms with E-state index in [9.17, 15) is 50.4 Å². The van der Waals surface area contributed by atoms with Crippen molar-refractivity contribution in [3.8, 4) is 33.8 Å². The summed E-state index contributed by atoms with van der Waals surface area (Å²) in [7, 11) is 0. The molecule has 3 aliphatic rings. The average Bonchev–Trinajstić information content (AvgIpc) is 3.29. The van der Waals surface area contributed by atoms with Crippen LogP contribution in [0.4, 0.5) is 0 Å². The number of aliphatic carboxylic acids is 2. The molecule has 2 saturated heterocycles. The standard InChI is InChI=1S/C28H26O14/c29-16-18(31)23(25(35)36)41-27(20(16)33)39-14-8-13-10-5-2-1-4-9(10)11-6-3-7-12(15(11)13)22(14)40-28-21(34)17(30)19(32)24(42-28)26(37)38/h1-8,16-21,23-24,27-34H,(H,35,36)(H,37,38)/t16-,17-,18-,19-,20+,21+,23-,24-,27+,28+/m0/s1. The average molecular weight is 587 g/mol. The zero-order chi connectivity index (χ0) is 30.0. The van der Waals surface area contributed by atoms with E-state index in [0.29, 0.717) is 16.3 Å². The summed E-state index contributed by atoms with van der Waals surface area (Å²) in [6, 6.07) is 14.1. The zero-order valence-corrected chi connectivity index (χ0v) is 21.4. The van der Waals surface area contributed by atoms with Crippen LogP contribution in [-0.4, -0.2) is 114 Å². The molecule has 0 aromatic heterocycles. The van der Waals surface area contributed by atoms with Crippen molar-refractivity contribution in [2.45, 2.75) is 61.4 Å². The molecule has 14 heteroatoms. The lowest BCUT2D eigenvalue weighted by Crippen LogP contribution is -2.61. The number of rotatable bonds is 6. The maximum atomic E-state index is 11.7. The number of benzene rings is 3. The maximum Gasteiger partial charge on any atom is 0.335 e. The SMILES string of the molecule is O=C(O)[C@H]1O[C@@H](Oc2cc3c4c(cccc4c2O[C@@H]2O[C@H](C(=O)O)[C@@H](O)[C@H](O)[C@H]2O)-c2ccccc2-3)[C@H](O)[C@@H](O)[C@@H]1O. The highest BCUT2D eigenvalue weighted by Crippen LogP contribution is 2.53. The fourth-order valence-electron chi connectivity index (χ4n) is 5.57. The van der Waals surface area contributed by atoms with Crippen LogP contribution in [0.3, 0.4) is 0 Å². The van der Waals surface area contributed by atoms with Gasteiger partial charge in [-0.3, -0.25) is 0 Å². The monoisotopic (exact) mass is 586 g/mol. The molecule has 6 rings (SSSR count). The van der Waals surface area contributed by atoms with E-state index >= 15 is 0 Å². The van der Waals surface area contributed by atoms with Crippen molar-refractivity contribution in [3.63, 3.8) is 0 Å². The highest BCUT2D eigenvalue weighted by Gasteiger charge is 2.50. The van der Waals surface area contributed by atoms with Gasteiger partial charge in [-0.15, -0.1) is 0 Å². The van der Waals surface area contributed by atoms with Crippen LogP contribution in [0, 0.1) is 0 Å². The Bertz CT molecular complexity index is 1560. The van der Waals surface area contributed by atoms with Crippen molar-refractivity contribution < 1.29 is 69.4 Å². The van der Waals surface area contributed by atoms with Gasteiger partial charge in [0.1, 0.15) is 36.6 Å². The number of aliphatic hydroxyl groups is 6. The summed E-state index contributed by atoms with van der Waals surface area (Å²) in [4.78, 5) is 23.3. The first-order valence-electron chi connectivity index (χ1n) is 12.9. The second kappa shape index (κ2) is 10.4. The normalized spacial score (nSPS) is 33.7. The molecule has 1 aliphatic carbocycles. The molecule has 2 fully saturated rings. The van der Waals surface area contributed by atoms with Crippen LogP contribution in [0.25, 0.3) is 33.0 Å². The van der Waals surface area contributed by atoms with Gasteiger partial charge in [-0.1, -0.05) is 42.5 Å². The molecule has 2 aliphatic heterocycles. The first-order chi connectivity index (χ1) is 20.0. The van der Waals surface area contributed by atoms with Gasteiger partial charge in [0.2, 0.25) is 12.6 Å². The Morgan fingerprint density at radius 1 is 0.595 bits per heavy atom. The van der Waals surface area contributed by atoms with E-state index in [1.165, 1.54) is 6.07 Å². The van der Waals surface area contributed by atoms with E-state index in [0.717, 1.165) is 16.7 Å². The number of aliphatic hydroxyl groups excluding tert-OH is 6. The summed E-state index contributed by atoms with van der Waals surface area (Å²) in [6.45, 7) is 0. The van der Waals surface area contributed by atoms with E-state index in [1.54, 1.807) is 12.1 Å². The lowest BCUT2D eigenvalue weighted by atomic mass is 9.98. The van der Waals surface area contributed by atoms with E-state index in [2.05, 4.69) is 0 Å². The number of fused-ring (bicyclic) bond motifs is 3. The van der Waals surface area contributed by atoms with Crippen molar-refractivity contribution in [2.24, 2.45) is 0 Å². The minimum absolute atomic E-state index is 0.177. The number of carboxylic acid groups (broad SMARTS) is 2. The van der Waals surface area contributed by atoms with Crippen LogP contribution in [-0.2, 0) is 19.1 Å². The molecule has 0 amide bonds. The van der Waals surface area contributed by atoms with E-state index in [1.807, 2.05) is 30.3 Å². The van der Waals surface area contributed by atoms with Crippen LogP contribution in [0.5, 0.6) is 11.5 Å². The summed E-state index contributed by atoms with van der Waals surface area (Å²) in [5, 5.41) is 82.0. The van der Waals surface area contributed by atoms with Gasteiger partial charge in [0.15, 0.2) is 23.7 Å². The molecule has 0 spiro atoms. The van der Waals surface area contributed by atoms with Crippen molar-refractivity contribution in [3.05, 3.63) is 48.5 Å². The molecule has 42 heavy (non-hydrogen) atoms. The van der Waals surface area contributed by atoms with Crippen molar-refractivity contribution >= 4 is 22.7 Å². The van der Waals surface area contributed by atoms with Crippen LogP contribution >= 0.6 is 0 Å². The topological polar surface area (TPSA) is 233 Å². The summed E-state index contributed by atoms with van der Waals surface area (Å²) in [6.07, 6.45) is -19.3. The van der Waals surface area contributed by atoms with Gasteiger partial charge < -0.3 is 59.8 Å².